The molecule has 3 amide bonds. The van der Waals surface area contributed by atoms with E-state index < -0.39 is 11.9 Å². The lowest BCUT2D eigenvalue weighted by molar-refractivity contribution is -0.128. The third-order valence-electron chi connectivity index (χ3n) is 4.84. The van der Waals surface area contributed by atoms with Gasteiger partial charge in [-0.05, 0) is 30.5 Å². The van der Waals surface area contributed by atoms with Gasteiger partial charge in [0.15, 0.2) is 0 Å². The van der Waals surface area contributed by atoms with Crippen LogP contribution in [0.5, 0.6) is 0 Å². The predicted molar refractivity (Wildman–Crippen MR) is 104 cm³/mol. The first kappa shape index (κ1) is 17.4. The largest absolute Gasteiger partial charge is 0.336 e. The zero-order chi connectivity index (χ0) is 19.1. The number of aryl methyl sites for hydroxylation is 2. The fourth-order valence-corrected chi connectivity index (χ4v) is 4.05. The summed E-state index contributed by atoms with van der Waals surface area (Å²) in [4.78, 5) is 43.1. The van der Waals surface area contributed by atoms with Crippen molar-refractivity contribution in [3.63, 3.8) is 0 Å². The van der Waals surface area contributed by atoms with Crippen LogP contribution in [0.15, 0.2) is 34.7 Å². The second-order valence-corrected chi connectivity index (χ2v) is 7.44. The minimum absolute atomic E-state index is 0.211. The number of carbonyl (C=O) groups excluding carboxylic acids is 2. The molecule has 0 aliphatic carbocycles. The Morgan fingerprint density at radius 2 is 2.07 bits per heavy atom. The summed E-state index contributed by atoms with van der Waals surface area (Å²) in [7, 11) is 0. The first-order chi connectivity index (χ1) is 13.0. The Labute approximate surface area is 159 Å². The topological polar surface area (TPSA) is 84.3 Å². The number of hydrogen-bond acceptors (Lipinski definition) is 5. The Morgan fingerprint density at radius 1 is 1.26 bits per heavy atom. The van der Waals surface area contributed by atoms with Crippen molar-refractivity contribution in [3.8, 4) is 11.1 Å². The lowest BCUT2D eigenvalue weighted by Gasteiger charge is -2.13. The van der Waals surface area contributed by atoms with Crippen LogP contribution in [0.1, 0.15) is 11.1 Å². The number of aromatic nitrogens is 2. The minimum atomic E-state index is -0.423. The molecule has 0 radical (unpaired) electrons. The molecule has 0 spiro atoms. The van der Waals surface area contributed by atoms with E-state index >= 15 is 0 Å². The standard InChI is InChI=1S/C19H18N4O3S/c1-11-3-4-13(7-12(11)2)14-9-27-17-16(14)18(25)22(10-21-17)8-15(24)23-6-5-20-19(23)26/h3-4,7,9-10H,5-6,8H2,1-2H3,(H,20,26). The zero-order valence-corrected chi connectivity index (χ0v) is 15.8. The van der Waals surface area contributed by atoms with E-state index in [1.165, 1.54) is 27.8 Å². The molecule has 0 saturated carbocycles. The average molecular weight is 382 g/mol. The summed E-state index contributed by atoms with van der Waals surface area (Å²) in [5, 5.41) is 5.01. The van der Waals surface area contributed by atoms with Crippen LogP contribution in [0, 0.1) is 13.8 Å². The van der Waals surface area contributed by atoms with Crippen molar-refractivity contribution in [2.45, 2.75) is 20.4 Å². The average Bonchev–Trinajstić information content (AvgIpc) is 3.26. The van der Waals surface area contributed by atoms with Gasteiger partial charge in [-0.15, -0.1) is 11.3 Å². The number of nitrogens with one attached hydrogen (secondary N) is 1. The predicted octanol–water partition coefficient (Wildman–Crippen LogP) is 2.29. The van der Waals surface area contributed by atoms with E-state index in [-0.39, 0.29) is 12.1 Å². The van der Waals surface area contributed by atoms with Crippen LogP contribution < -0.4 is 10.9 Å². The number of hydrogen-bond donors (Lipinski definition) is 1. The molecule has 27 heavy (non-hydrogen) atoms. The first-order valence-corrected chi connectivity index (χ1v) is 9.46. The van der Waals surface area contributed by atoms with E-state index in [1.54, 1.807) is 0 Å². The Kier molecular flexibility index (Phi) is 4.27. The Balaban J connectivity index is 1.75. The molecule has 3 aromatic rings. The molecule has 1 N–H and O–H groups in total. The highest BCUT2D eigenvalue weighted by atomic mass is 32.1. The highest BCUT2D eigenvalue weighted by molar-refractivity contribution is 7.17. The van der Waals surface area contributed by atoms with Gasteiger partial charge in [0.05, 0.1) is 11.7 Å². The molecule has 8 heteroatoms. The summed E-state index contributed by atoms with van der Waals surface area (Å²) in [6.45, 7) is 4.60. The normalized spacial score (nSPS) is 14.0. The van der Waals surface area contributed by atoms with Crippen LogP contribution in [-0.2, 0) is 11.3 Å². The van der Waals surface area contributed by atoms with Gasteiger partial charge in [-0.25, -0.2) is 9.78 Å². The SMILES string of the molecule is Cc1ccc(-c2csc3ncn(CC(=O)N4CCNC4=O)c(=O)c23)cc1C. The number of imide groups is 1. The third-order valence-corrected chi connectivity index (χ3v) is 5.73. The second kappa shape index (κ2) is 6.62. The molecule has 1 saturated heterocycles. The maximum Gasteiger partial charge on any atom is 0.324 e. The number of urea groups is 1. The zero-order valence-electron chi connectivity index (χ0n) is 15.0. The van der Waals surface area contributed by atoms with E-state index in [0.717, 1.165) is 21.6 Å². The summed E-state index contributed by atoms with van der Waals surface area (Å²) in [5.74, 6) is -0.420. The van der Waals surface area contributed by atoms with E-state index in [4.69, 9.17) is 0 Å². The van der Waals surface area contributed by atoms with Crippen LogP contribution in [0.4, 0.5) is 4.79 Å². The lowest BCUT2D eigenvalue weighted by atomic mass is 10.0. The second-order valence-electron chi connectivity index (χ2n) is 6.58. The van der Waals surface area contributed by atoms with Crippen molar-refractivity contribution in [1.29, 1.82) is 0 Å². The van der Waals surface area contributed by atoms with Crippen molar-refractivity contribution >= 4 is 33.5 Å². The van der Waals surface area contributed by atoms with Gasteiger partial charge >= 0.3 is 6.03 Å². The molecule has 4 rings (SSSR count). The number of rotatable bonds is 3. The molecule has 1 aliphatic rings. The molecule has 0 atom stereocenters. The molecular weight excluding hydrogens is 364 g/mol. The van der Waals surface area contributed by atoms with E-state index in [1.807, 2.05) is 37.4 Å². The molecule has 0 bridgehead atoms. The fourth-order valence-electron chi connectivity index (χ4n) is 3.14. The molecular formula is C19H18N4O3S. The van der Waals surface area contributed by atoms with Crippen LogP contribution in [0.25, 0.3) is 21.3 Å². The fraction of sp³-hybridized carbons (Fsp3) is 0.263. The number of amides is 3. The van der Waals surface area contributed by atoms with Crippen molar-refractivity contribution < 1.29 is 9.59 Å². The lowest BCUT2D eigenvalue weighted by Crippen LogP contribution is -2.38. The molecule has 7 nitrogen and oxygen atoms in total. The van der Waals surface area contributed by atoms with E-state index in [2.05, 4.69) is 10.3 Å². The van der Waals surface area contributed by atoms with Crippen LogP contribution in [-0.4, -0.2) is 39.5 Å². The van der Waals surface area contributed by atoms with Gasteiger partial charge < -0.3 is 5.32 Å². The van der Waals surface area contributed by atoms with Crippen molar-refractivity contribution in [3.05, 3.63) is 51.4 Å². The monoisotopic (exact) mass is 382 g/mol. The third kappa shape index (κ3) is 3.02. The summed E-state index contributed by atoms with van der Waals surface area (Å²) < 4.78 is 1.27. The van der Waals surface area contributed by atoms with Crippen LogP contribution >= 0.6 is 11.3 Å². The molecule has 0 unspecified atom stereocenters. The summed E-state index contributed by atoms with van der Waals surface area (Å²) >= 11 is 1.40. The summed E-state index contributed by atoms with van der Waals surface area (Å²) in [6, 6.07) is 5.64. The van der Waals surface area contributed by atoms with Crippen LogP contribution in [0.2, 0.25) is 0 Å². The number of nitrogens with zero attached hydrogens (tertiary/aromatic N) is 3. The van der Waals surface area contributed by atoms with Crippen molar-refractivity contribution in [2.24, 2.45) is 0 Å². The van der Waals surface area contributed by atoms with Gasteiger partial charge in [-0.1, -0.05) is 18.2 Å². The van der Waals surface area contributed by atoms with Crippen molar-refractivity contribution in [1.82, 2.24) is 19.8 Å². The maximum atomic E-state index is 13.0. The molecule has 2 aromatic heterocycles. The Hall–Kier alpha value is -3.00. The van der Waals surface area contributed by atoms with Crippen LogP contribution in [0.3, 0.4) is 0 Å². The maximum absolute atomic E-state index is 13.0. The summed E-state index contributed by atoms with van der Waals surface area (Å²) in [6.07, 6.45) is 1.37. The van der Waals surface area contributed by atoms with Gasteiger partial charge in [-0.3, -0.25) is 19.1 Å². The quantitative estimate of drug-likeness (QED) is 0.753. The Bertz CT molecular complexity index is 1130. The first-order valence-electron chi connectivity index (χ1n) is 8.58. The van der Waals surface area contributed by atoms with Gasteiger partial charge in [0, 0.05) is 24.0 Å². The summed E-state index contributed by atoms with van der Waals surface area (Å²) in [5.41, 5.74) is 3.82. The highest BCUT2D eigenvalue weighted by Gasteiger charge is 2.26. The Morgan fingerprint density at radius 3 is 2.78 bits per heavy atom. The molecule has 1 aromatic carbocycles. The minimum Gasteiger partial charge on any atom is -0.336 e. The van der Waals surface area contributed by atoms with Crippen molar-refractivity contribution in [2.75, 3.05) is 13.1 Å². The number of fused-ring (bicyclic) bond motifs is 1. The van der Waals surface area contributed by atoms with Gasteiger partial charge in [-0.2, -0.15) is 0 Å². The van der Waals surface area contributed by atoms with Gasteiger partial charge in [0.2, 0.25) is 0 Å². The molecule has 1 aliphatic heterocycles. The highest BCUT2D eigenvalue weighted by Crippen LogP contribution is 2.31. The number of carbonyl (C=O) groups is 2. The van der Waals surface area contributed by atoms with E-state index in [9.17, 15) is 14.4 Å². The molecule has 138 valence electrons. The van der Waals surface area contributed by atoms with Gasteiger partial charge in [0.25, 0.3) is 11.5 Å². The molecule has 1 fully saturated rings. The van der Waals surface area contributed by atoms with Gasteiger partial charge in [0.1, 0.15) is 11.4 Å². The molecule has 3 heterocycles. The smallest absolute Gasteiger partial charge is 0.324 e. The number of thiophene rings is 1. The van der Waals surface area contributed by atoms with E-state index in [0.29, 0.717) is 23.3 Å². The number of benzene rings is 1.